The maximum atomic E-state index is 3.89. The first-order valence-electron chi connectivity index (χ1n) is 8.01. The summed E-state index contributed by atoms with van der Waals surface area (Å²) in [4.78, 5) is 0. The molecule has 0 bridgehead atoms. The zero-order valence-electron chi connectivity index (χ0n) is 13.0. The maximum Gasteiger partial charge on any atom is 0.0806 e. The first-order chi connectivity index (χ1) is 9.17. The van der Waals surface area contributed by atoms with Crippen LogP contribution >= 0.6 is 0 Å². The zero-order chi connectivity index (χ0) is 14.0. The van der Waals surface area contributed by atoms with Gasteiger partial charge in [0.05, 0.1) is 8.07 Å². The molecule has 0 saturated carbocycles. The molecule has 1 radical (unpaired) electrons. The molecule has 0 atom stereocenters. The van der Waals surface area contributed by atoms with Gasteiger partial charge >= 0.3 is 0 Å². The fraction of sp³-hybridized carbons (Fsp3) is 0.611. The Labute approximate surface area is 121 Å². The molecule has 0 aliphatic rings. The fourth-order valence-electron chi connectivity index (χ4n) is 2.66. The Balaban J connectivity index is 2.12. The third-order valence-electron chi connectivity index (χ3n) is 4.11. The van der Waals surface area contributed by atoms with Gasteiger partial charge in [0.25, 0.3) is 0 Å². The fourth-order valence-corrected chi connectivity index (χ4v) is 5.18. The number of rotatable bonds is 10. The maximum absolute atomic E-state index is 3.89. The van der Waals surface area contributed by atoms with Crippen LogP contribution in [0.4, 0.5) is 0 Å². The minimum absolute atomic E-state index is 1.11. The lowest BCUT2D eigenvalue weighted by Gasteiger charge is -2.22. The van der Waals surface area contributed by atoms with E-state index in [0.717, 1.165) is 6.42 Å². The van der Waals surface area contributed by atoms with Crippen molar-refractivity contribution in [3.05, 3.63) is 37.3 Å². The van der Waals surface area contributed by atoms with Gasteiger partial charge in [-0.2, -0.15) is 0 Å². The number of hydrogen-bond acceptors (Lipinski definition) is 0. The van der Waals surface area contributed by atoms with Crippen LogP contribution in [0.25, 0.3) is 0 Å². The molecular formula is C18H31Si. The van der Waals surface area contributed by atoms with Gasteiger partial charge in [-0.1, -0.05) is 113 Å². The van der Waals surface area contributed by atoms with Crippen molar-refractivity contribution in [1.29, 1.82) is 0 Å². The Morgan fingerprint density at radius 2 is 1.32 bits per heavy atom. The van der Waals surface area contributed by atoms with Crippen LogP contribution in [0.5, 0.6) is 0 Å². The van der Waals surface area contributed by atoms with Crippen LogP contribution in [0.1, 0.15) is 51.4 Å². The number of benzene rings is 1. The molecule has 0 aliphatic carbocycles. The molecule has 0 spiro atoms. The Kier molecular flexibility index (Phi) is 8.12. The summed E-state index contributed by atoms with van der Waals surface area (Å²) in [5.74, 6) is 0. The van der Waals surface area contributed by atoms with Gasteiger partial charge in [-0.05, 0) is 0 Å². The van der Waals surface area contributed by atoms with Gasteiger partial charge in [0.1, 0.15) is 0 Å². The first kappa shape index (κ1) is 16.5. The lowest BCUT2D eigenvalue weighted by molar-refractivity contribution is 0.590. The molecule has 1 heteroatoms. The molecule has 1 aromatic carbocycles. The summed E-state index contributed by atoms with van der Waals surface area (Å²) >= 11 is 0. The van der Waals surface area contributed by atoms with Crippen molar-refractivity contribution in [2.24, 2.45) is 0 Å². The van der Waals surface area contributed by atoms with E-state index in [0.29, 0.717) is 0 Å². The summed E-state index contributed by atoms with van der Waals surface area (Å²) in [6.07, 6.45) is 10.9. The molecule has 0 aromatic heterocycles. The molecular weight excluding hydrogens is 244 g/mol. The lowest BCUT2D eigenvalue weighted by atomic mass is 10.1. The van der Waals surface area contributed by atoms with E-state index in [1.54, 1.807) is 5.19 Å². The van der Waals surface area contributed by atoms with Gasteiger partial charge in [-0.25, -0.2) is 0 Å². The Morgan fingerprint density at radius 1 is 0.789 bits per heavy atom. The van der Waals surface area contributed by atoms with Crippen molar-refractivity contribution in [3.8, 4) is 0 Å². The minimum atomic E-state index is -1.17. The topological polar surface area (TPSA) is 0 Å². The van der Waals surface area contributed by atoms with Crippen LogP contribution in [-0.4, -0.2) is 8.07 Å². The van der Waals surface area contributed by atoms with E-state index in [9.17, 15) is 0 Å². The monoisotopic (exact) mass is 275 g/mol. The summed E-state index contributed by atoms with van der Waals surface area (Å²) in [6, 6.07) is 12.6. The second-order valence-corrected chi connectivity index (χ2v) is 11.2. The van der Waals surface area contributed by atoms with Crippen molar-refractivity contribution < 1.29 is 0 Å². The highest BCUT2D eigenvalue weighted by atomic mass is 28.3. The molecule has 19 heavy (non-hydrogen) atoms. The van der Waals surface area contributed by atoms with E-state index in [1.807, 2.05) is 0 Å². The lowest BCUT2D eigenvalue weighted by Crippen LogP contribution is -2.40. The normalized spacial score (nSPS) is 11.7. The van der Waals surface area contributed by atoms with Crippen molar-refractivity contribution in [2.75, 3.05) is 0 Å². The average molecular weight is 276 g/mol. The highest BCUT2D eigenvalue weighted by Crippen LogP contribution is 2.16. The second-order valence-electron chi connectivity index (χ2n) is 6.33. The van der Waals surface area contributed by atoms with Crippen molar-refractivity contribution in [3.63, 3.8) is 0 Å². The van der Waals surface area contributed by atoms with E-state index in [-0.39, 0.29) is 0 Å². The van der Waals surface area contributed by atoms with Crippen LogP contribution in [0.3, 0.4) is 0 Å². The molecule has 1 rings (SSSR count). The van der Waals surface area contributed by atoms with Crippen molar-refractivity contribution in [1.82, 2.24) is 0 Å². The largest absolute Gasteiger partial charge is 0.0806 e. The third-order valence-corrected chi connectivity index (χ3v) is 7.61. The third kappa shape index (κ3) is 6.96. The zero-order valence-corrected chi connectivity index (χ0v) is 14.0. The van der Waals surface area contributed by atoms with Gasteiger partial charge in [0, 0.05) is 0 Å². The molecule has 0 amide bonds. The van der Waals surface area contributed by atoms with Crippen LogP contribution in [0.2, 0.25) is 19.1 Å². The van der Waals surface area contributed by atoms with E-state index in [1.165, 1.54) is 51.0 Å². The molecule has 0 fully saturated rings. The highest BCUT2D eigenvalue weighted by Gasteiger charge is 2.21. The number of hydrogen-bond donors (Lipinski definition) is 0. The predicted molar refractivity (Wildman–Crippen MR) is 90.7 cm³/mol. The van der Waals surface area contributed by atoms with Gasteiger partial charge in [0.2, 0.25) is 0 Å². The standard InChI is InChI=1S/C18H31Si/c1-4-5-6-7-8-9-10-14-17-19(2,3)18-15-12-11-13-16-18/h11-13,15-16H,1,4-10,14,17H2,2-3H3. The summed E-state index contributed by atoms with van der Waals surface area (Å²) in [6.45, 7) is 8.91. The van der Waals surface area contributed by atoms with E-state index < -0.39 is 8.07 Å². The second kappa shape index (κ2) is 9.36. The quantitative estimate of drug-likeness (QED) is 0.387. The molecule has 0 nitrogen and oxygen atoms in total. The first-order valence-corrected chi connectivity index (χ1v) is 11.2. The van der Waals surface area contributed by atoms with Gasteiger partial charge < -0.3 is 0 Å². The van der Waals surface area contributed by atoms with Gasteiger partial charge in [-0.3, -0.25) is 0 Å². The molecule has 0 N–H and O–H groups in total. The highest BCUT2D eigenvalue weighted by molar-refractivity contribution is 6.89. The molecule has 0 aliphatic heterocycles. The summed E-state index contributed by atoms with van der Waals surface area (Å²) in [5, 5.41) is 1.62. The van der Waals surface area contributed by atoms with Crippen molar-refractivity contribution in [2.45, 2.75) is 70.5 Å². The molecule has 1 aromatic rings. The SMILES string of the molecule is [CH2]CCCCCCCCC[Si](C)(C)c1ccccc1. The summed E-state index contributed by atoms with van der Waals surface area (Å²) in [7, 11) is -1.17. The molecule has 0 heterocycles. The molecule has 107 valence electrons. The summed E-state index contributed by atoms with van der Waals surface area (Å²) in [5.41, 5.74) is 0. The Hall–Kier alpha value is -0.563. The molecule has 0 saturated heterocycles. The average Bonchev–Trinajstić information content (AvgIpc) is 2.43. The van der Waals surface area contributed by atoms with E-state index >= 15 is 0 Å². The van der Waals surface area contributed by atoms with Crippen LogP contribution in [0.15, 0.2) is 30.3 Å². The predicted octanol–water partition coefficient (Wildman–Crippen LogP) is 5.56. The van der Waals surface area contributed by atoms with Crippen LogP contribution in [0, 0.1) is 6.92 Å². The van der Waals surface area contributed by atoms with Crippen molar-refractivity contribution >= 4 is 13.3 Å². The smallest absolute Gasteiger partial charge is 0.0654 e. The van der Waals surface area contributed by atoms with Gasteiger partial charge in [0.15, 0.2) is 0 Å². The van der Waals surface area contributed by atoms with E-state index in [2.05, 4.69) is 50.3 Å². The molecule has 0 unspecified atom stereocenters. The number of unbranched alkanes of at least 4 members (excludes halogenated alkanes) is 7. The van der Waals surface area contributed by atoms with E-state index in [4.69, 9.17) is 0 Å². The van der Waals surface area contributed by atoms with Crippen LogP contribution < -0.4 is 5.19 Å². The minimum Gasteiger partial charge on any atom is -0.0654 e. The Morgan fingerprint density at radius 3 is 1.89 bits per heavy atom. The Bertz CT molecular complexity index is 316. The van der Waals surface area contributed by atoms with Gasteiger partial charge in [-0.15, -0.1) is 0 Å². The van der Waals surface area contributed by atoms with Crippen LogP contribution in [-0.2, 0) is 0 Å². The summed E-state index contributed by atoms with van der Waals surface area (Å²) < 4.78 is 0.